The van der Waals surface area contributed by atoms with Crippen molar-refractivity contribution < 1.29 is 9.53 Å². The van der Waals surface area contributed by atoms with Gasteiger partial charge in [-0.1, -0.05) is 100 Å². The minimum Gasteiger partial charge on any atom is -0.465 e. The lowest BCUT2D eigenvalue weighted by molar-refractivity contribution is -0.145. The van der Waals surface area contributed by atoms with Crippen molar-refractivity contribution >= 4 is 21.9 Å². The second-order valence-electron chi connectivity index (χ2n) is 7.45. The highest BCUT2D eigenvalue weighted by molar-refractivity contribution is 9.09. The Bertz CT molecular complexity index is 281. The quantitative estimate of drug-likeness (QED) is 0.121. The van der Waals surface area contributed by atoms with Gasteiger partial charge in [0.25, 0.3) is 0 Å². The Morgan fingerprint density at radius 3 is 1.88 bits per heavy atom. The van der Waals surface area contributed by atoms with Crippen molar-refractivity contribution in [3.05, 3.63) is 0 Å². The van der Waals surface area contributed by atoms with Gasteiger partial charge in [0.1, 0.15) is 0 Å². The Morgan fingerprint density at radius 1 is 0.760 bits per heavy atom. The lowest BCUT2D eigenvalue weighted by atomic mass is 9.95. The molecule has 2 nitrogen and oxygen atoms in total. The SMILES string of the molecule is CCCCCCCCC(CCCCCC)COC(=O)CCCCCBr. The van der Waals surface area contributed by atoms with Crippen LogP contribution < -0.4 is 0 Å². The van der Waals surface area contributed by atoms with Crippen molar-refractivity contribution in [2.24, 2.45) is 5.92 Å². The fourth-order valence-corrected chi connectivity index (χ4v) is 3.60. The van der Waals surface area contributed by atoms with Crippen LogP contribution in [-0.4, -0.2) is 17.9 Å². The van der Waals surface area contributed by atoms with Gasteiger partial charge in [-0.3, -0.25) is 4.79 Å². The van der Waals surface area contributed by atoms with Gasteiger partial charge >= 0.3 is 5.97 Å². The normalized spacial score (nSPS) is 12.3. The van der Waals surface area contributed by atoms with E-state index in [1.165, 1.54) is 77.0 Å². The van der Waals surface area contributed by atoms with Crippen LogP contribution in [0.3, 0.4) is 0 Å². The molecule has 0 saturated heterocycles. The number of hydrogen-bond acceptors (Lipinski definition) is 2. The van der Waals surface area contributed by atoms with Crippen LogP contribution in [0.4, 0.5) is 0 Å². The maximum Gasteiger partial charge on any atom is 0.305 e. The zero-order chi connectivity index (χ0) is 18.6. The molecule has 0 aromatic heterocycles. The van der Waals surface area contributed by atoms with Gasteiger partial charge in [-0.25, -0.2) is 0 Å². The number of esters is 1. The third kappa shape index (κ3) is 18.5. The highest BCUT2D eigenvalue weighted by atomic mass is 79.9. The molecule has 0 amide bonds. The molecule has 0 aliphatic carbocycles. The molecule has 0 aromatic rings. The van der Waals surface area contributed by atoms with E-state index in [1.54, 1.807) is 0 Å². The average Bonchev–Trinajstić information content (AvgIpc) is 2.62. The van der Waals surface area contributed by atoms with Gasteiger partial charge in [0, 0.05) is 11.8 Å². The van der Waals surface area contributed by atoms with Crippen molar-refractivity contribution in [2.75, 3.05) is 11.9 Å². The molecule has 0 rings (SSSR count). The van der Waals surface area contributed by atoms with E-state index >= 15 is 0 Å². The molecular weight excluding hydrogens is 376 g/mol. The molecule has 0 N–H and O–H groups in total. The monoisotopic (exact) mass is 418 g/mol. The van der Waals surface area contributed by atoms with E-state index in [2.05, 4.69) is 29.8 Å². The topological polar surface area (TPSA) is 26.3 Å². The third-order valence-electron chi connectivity index (χ3n) is 4.93. The van der Waals surface area contributed by atoms with Gasteiger partial charge < -0.3 is 4.74 Å². The van der Waals surface area contributed by atoms with Crippen LogP contribution in [0.15, 0.2) is 0 Å². The molecular formula is C22H43BrO2. The van der Waals surface area contributed by atoms with E-state index in [1.807, 2.05) is 0 Å². The minimum absolute atomic E-state index is 0.0103. The zero-order valence-electron chi connectivity index (χ0n) is 17.0. The first-order valence-corrected chi connectivity index (χ1v) is 12.1. The fraction of sp³-hybridized carbons (Fsp3) is 0.955. The molecule has 0 heterocycles. The summed E-state index contributed by atoms with van der Waals surface area (Å²) in [5.74, 6) is 0.589. The predicted molar refractivity (Wildman–Crippen MR) is 113 cm³/mol. The highest BCUT2D eigenvalue weighted by Gasteiger charge is 2.12. The van der Waals surface area contributed by atoms with Crippen molar-refractivity contribution in [2.45, 2.75) is 117 Å². The first kappa shape index (κ1) is 24.9. The molecule has 1 unspecified atom stereocenters. The minimum atomic E-state index is 0.0103. The largest absolute Gasteiger partial charge is 0.465 e. The molecule has 0 aliphatic rings. The van der Waals surface area contributed by atoms with Crippen LogP contribution in [0.2, 0.25) is 0 Å². The Morgan fingerprint density at radius 2 is 1.28 bits per heavy atom. The van der Waals surface area contributed by atoms with Gasteiger partial charge in [0.05, 0.1) is 6.61 Å². The maximum atomic E-state index is 11.9. The molecule has 3 heteroatoms. The van der Waals surface area contributed by atoms with Crippen LogP contribution in [0.5, 0.6) is 0 Å². The summed E-state index contributed by atoms with van der Waals surface area (Å²) >= 11 is 3.43. The van der Waals surface area contributed by atoms with Crippen molar-refractivity contribution in [1.29, 1.82) is 0 Å². The lowest BCUT2D eigenvalue weighted by Gasteiger charge is -2.17. The highest BCUT2D eigenvalue weighted by Crippen LogP contribution is 2.19. The molecule has 1 atom stereocenters. The molecule has 0 spiro atoms. The van der Waals surface area contributed by atoms with Crippen LogP contribution in [0.1, 0.15) is 117 Å². The summed E-state index contributed by atoms with van der Waals surface area (Å²) in [5.41, 5.74) is 0. The molecule has 150 valence electrons. The summed E-state index contributed by atoms with van der Waals surface area (Å²) in [7, 11) is 0. The molecule has 0 fully saturated rings. The van der Waals surface area contributed by atoms with Crippen molar-refractivity contribution in [1.82, 2.24) is 0 Å². The van der Waals surface area contributed by atoms with Crippen LogP contribution in [0.25, 0.3) is 0 Å². The number of alkyl halides is 1. The summed E-state index contributed by atoms with van der Waals surface area (Å²) < 4.78 is 5.59. The molecule has 0 bridgehead atoms. The van der Waals surface area contributed by atoms with Crippen LogP contribution >= 0.6 is 15.9 Å². The van der Waals surface area contributed by atoms with E-state index in [0.29, 0.717) is 18.9 Å². The Kier molecular flexibility index (Phi) is 20.2. The summed E-state index contributed by atoms with van der Waals surface area (Å²) in [4.78, 5) is 11.9. The lowest BCUT2D eigenvalue weighted by Crippen LogP contribution is -2.14. The Labute approximate surface area is 166 Å². The Balaban J connectivity index is 3.92. The third-order valence-corrected chi connectivity index (χ3v) is 5.49. The number of carbonyl (C=O) groups is 1. The fourth-order valence-electron chi connectivity index (χ4n) is 3.21. The van der Waals surface area contributed by atoms with E-state index in [0.717, 1.165) is 24.6 Å². The van der Waals surface area contributed by atoms with Gasteiger partial charge in [0.15, 0.2) is 0 Å². The second-order valence-corrected chi connectivity index (χ2v) is 8.25. The molecule has 25 heavy (non-hydrogen) atoms. The maximum absolute atomic E-state index is 11.9. The van der Waals surface area contributed by atoms with Crippen LogP contribution in [-0.2, 0) is 9.53 Å². The summed E-state index contributed by atoms with van der Waals surface area (Å²) in [5, 5.41) is 1.03. The van der Waals surface area contributed by atoms with E-state index in [9.17, 15) is 4.79 Å². The van der Waals surface area contributed by atoms with Gasteiger partial charge in [-0.05, 0) is 31.6 Å². The zero-order valence-corrected chi connectivity index (χ0v) is 18.6. The van der Waals surface area contributed by atoms with Crippen molar-refractivity contribution in [3.63, 3.8) is 0 Å². The molecule has 0 aliphatic heterocycles. The number of ether oxygens (including phenoxy) is 1. The standard InChI is InChI=1S/C22H43BrO2/c1-3-5-7-9-10-13-17-21(16-12-8-6-4-2)20-25-22(24)18-14-11-15-19-23/h21H,3-20H2,1-2H3. The first-order chi connectivity index (χ1) is 12.2. The number of halogens is 1. The van der Waals surface area contributed by atoms with Crippen LogP contribution in [0, 0.1) is 5.92 Å². The average molecular weight is 419 g/mol. The number of hydrogen-bond donors (Lipinski definition) is 0. The second kappa shape index (κ2) is 20.3. The number of unbranched alkanes of at least 4 members (excludes halogenated alkanes) is 10. The number of rotatable bonds is 19. The molecule has 0 radical (unpaired) electrons. The van der Waals surface area contributed by atoms with Crippen molar-refractivity contribution in [3.8, 4) is 0 Å². The smallest absolute Gasteiger partial charge is 0.305 e. The summed E-state index contributed by atoms with van der Waals surface area (Å²) in [6.07, 6.45) is 19.5. The van der Waals surface area contributed by atoms with E-state index < -0.39 is 0 Å². The van der Waals surface area contributed by atoms with E-state index in [4.69, 9.17) is 4.74 Å². The van der Waals surface area contributed by atoms with E-state index in [-0.39, 0.29) is 5.97 Å². The molecule has 0 aromatic carbocycles. The predicted octanol–water partition coefficient (Wildman–Crippen LogP) is 7.82. The first-order valence-electron chi connectivity index (χ1n) is 11.0. The number of carbonyl (C=O) groups excluding carboxylic acids is 1. The van der Waals surface area contributed by atoms with Gasteiger partial charge in [0.2, 0.25) is 0 Å². The molecule has 0 saturated carbocycles. The van der Waals surface area contributed by atoms with Gasteiger partial charge in [-0.15, -0.1) is 0 Å². The summed E-state index contributed by atoms with van der Waals surface area (Å²) in [6, 6.07) is 0. The Hall–Kier alpha value is -0.0500. The summed E-state index contributed by atoms with van der Waals surface area (Å²) in [6.45, 7) is 5.17. The van der Waals surface area contributed by atoms with Gasteiger partial charge in [-0.2, -0.15) is 0 Å².